The van der Waals surface area contributed by atoms with Gasteiger partial charge in [-0.15, -0.1) is 0 Å². The highest BCUT2D eigenvalue weighted by molar-refractivity contribution is 5.16. The standard InChI is InChI=1S/C16H28N4O2/c1-15(2,3)14-8-13(18-19-14)9-20-5-7-22-16(11-20)10-17-4-6-21-12-16/h8,17H,4-7,9-12H2,1-3H3,(H,18,19). The summed E-state index contributed by atoms with van der Waals surface area (Å²) in [5.41, 5.74) is 2.16. The number of rotatable bonds is 2. The van der Waals surface area contributed by atoms with E-state index in [1.54, 1.807) is 0 Å². The quantitative estimate of drug-likeness (QED) is 0.850. The molecule has 1 unspecified atom stereocenters. The van der Waals surface area contributed by atoms with Crippen LogP contribution in [0.2, 0.25) is 0 Å². The van der Waals surface area contributed by atoms with Gasteiger partial charge in [-0.05, 0) is 6.07 Å². The molecule has 2 aliphatic heterocycles. The molecular formula is C16H28N4O2. The molecule has 0 saturated carbocycles. The molecule has 6 heteroatoms. The van der Waals surface area contributed by atoms with Gasteiger partial charge in [-0.3, -0.25) is 10.00 Å². The van der Waals surface area contributed by atoms with Gasteiger partial charge in [0.2, 0.25) is 0 Å². The zero-order valence-corrected chi connectivity index (χ0v) is 13.9. The van der Waals surface area contributed by atoms with Gasteiger partial charge in [-0.1, -0.05) is 20.8 Å². The lowest BCUT2D eigenvalue weighted by Crippen LogP contribution is -2.57. The SMILES string of the molecule is CC(C)(C)c1cc(CN2CCOC3(CNCCOC3)C2)[nH]n1. The highest BCUT2D eigenvalue weighted by Gasteiger charge is 2.38. The van der Waals surface area contributed by atoms with Gasteiger partial charge in [-0.2, -0.15) is 5.10 Å². The zero-order valence-electron chi connectivity index (χ0n) is 13.9. The van der Waals surface area contributed by atoms with Crippen LogP contribution in [0.4, 0.5) is 0 Å². The van der Waals surface area contributed by atoms with Crippen LogP contribution < -0.4 is 5.32 Å². The van der Waals surface area contributed by atoms with E-state index in [1.807, 2.05) is 0 Å². The highest BCUT2D eigenvalue weighted by Crippen LogP contribution is 2.23. The van der Waals surface area contributed by atoms with E-state index in [4.69, 9.17) is 9.47 Å². The Kier molecular flexibility index (Phi) is 4.54. The number of nitrogens with one attached hydrogen (secondary N) is 2. The van der Waals surface area contributed by atoms with Crippen molar-refractivity contribution in [1.82, 2.24) is 20.4 Å². The molecule has 3 rings (SSSR count). The van der Waals surface area contributed by atoms with Gasteiger partial charge in [0, 0.05) is 43.8 Å². The molecular weight excluding hydrogens is 280 g/mol. The number of nitrogens with zero attached hydrogens (tertiary/aromatic N) is 2. The molecule has 2 N–H and O–H groups in total. The van der Waals surface area contributed by atoms with Gasteiger partial charge in [-0.25, -0.2) is 0 Å². The monoisotopic (exact) mass is 308 g/mol. The number of H-pyrrole nitrogens is 1. The lowest BCUT2D eigenvalue weighted by atomic mass is 9.92. The third-order valence-corrected chi connectivity index (χ3v) is 4.36. The fourth-order valence-electron chi connectivity index (χ4n) is 3.09. The molecule has 0 bridgehead atoms. The Morgan fingerprint density at radius 1 is 1.36 bits per heavy atom. The Hall–Kier alpha value is -0.950. The molecule has 0 radical (unpaired) electrons. The van der Waals surface area contributed by atoms with Crippen LogP contribution in [0.5, 0.6) is 0 Å². The van der Waals surface area contributed by atoms with Crippen LogP contribution in [0.3, 0.4) is 0 Å². The molecule has 1 aromatic heterocycles. The third kappa shape index (κ3) is 3.68. The summed E-state index contributed by atoms with van der Waals surface area (Å²) < 4.78 is 11.8. The molecule has 2 saturated heterocycles. The first-order valence-corrected chi connectivity index (χ1v) is 8.16. The first kappa shape index (κ1) is 15.9. The van der Waals surface area contributed by atoms with Gasteiger partial charge >= 0.3 is 0 Å². The van der Waals surface area contributed by atoms with Crippen LogP contribution in [0.15, 0.2) is 6.07 Å². The number of hydrogen-bond donors (Lipinski definition) is 2. The molecule has 1 aromatic rings. The van der Waals surface area contributed by atoms with Crippen molar-refractivity contribution in [3.8, 4) is 0 Å². The number of hydrogen-bond acceptors (Lipinski definition) is 5. The summed E-state index contributed by atoms with van der Waals surface area (Å²) in [6.45, 7) is 13.2. The molecule has 0 aliphatic carbocycles. The summed E-state index contributed by atoms with van der Waals surface area (Å²) in [4.78, 5) is 2.43. The summed E-state index contributed by atoms with van der Waals surface area (Å²) in [5, 5.41) is 11.1. The molecule has 6 nitrogen and oxygen atoms in total. The van der Waals surface area contributed by atoms with Gasteiger partial charge < -0.3 is 14.8 Å². The van der Waals surface area contributed by atoms with E-state index >= 15 is 0 Å². The molecule has 1 spiro atoms. The predicted octanol–water partition coefficient (Wildman–Crippen LogP) is 0.898. The third-order valence-electron chi connectivity index (χ3n) is 4.36. The summed E-state index contributed by atoms with van der Waals surface area (Å²) in [6.07, 6.45) is 0. The van der Waals surface area contributed by atoms with E-state index in [9.17, 15) is 0 Å². The van der Waals surface area contributed by atoms with Gasteiger partial charge in [0.05, 0.1) is 25.5 Å². The van der Waals surface area contributed by atoms with Crippen molar-refractivity contribution in [3.63, 3.8) is 0 Å². The molecule has 124 valence electrons. The Labute approximate surface area is 132 Å². The average Bonchev–Trinajstić information content (AvgIpc) is 2.81. The lowest BCUT2D eigenvalue weighted by Gasteiger charge is -2.41. The number of aromatic nitrogens is 2. The second-order valence-electron chi connectivity index (χ2n) is 7.50. The van der Waals surface area contributed by atoms with Crippen LogP contribution in [-0.4, -0.2) is 66.7 Å². The van der Waals surface area contributed by atoms with Crippen molar-refractivity contribution in [2.24, 2.45) is 0 Å². The molecule has 2 aliphatic rings. The average molecular weight is 308 g/mol. The van der Waals surface area contributed by atoms with E-state index in [2.05, 4.69) is 47.3 Å². The maximum Gasteiger partial charge on any atom is 0.116 e. The van der Waals surface area contributed by atoms with Crippen LogP contribution in [0.25, 0.3) is 0 Å². The van der Waals surface area contributed by atoms with E-state index in [0.29, 0.717) is 6.61 Å². The molecule has 0 aromatic carbocycles. The van der Waals surface area contributed by atoms with E-state index in [-0.39, 0.29) is 11.0 Å². The Morgan fingerprint density at radius 2 is 2.23 bits per heavy atom. The summed E-state index contributed by atoms with van der Waals surface area (Å²) in [5.74, 6) is 0. The van der Waals surface area contributed by atoms with Gasteiger partial charge in [0.25, 0.3) is 0 Å². The fourth-order valence-corrected chi connectivity index (χ4v) is 3.09. The van der Waals surface area contributed by atoms with Gasteiger partial charge in [0.1, 0.15) is 5.60 Å². The summed E-state index contributed by atoms with van der Waals surface area (Å²) >= 11 is 0. The lowest BCUT2D eigenvalue weighted by molar-refractivity contribution is -0.135. The molecule has 0 amide bonds. The second-order valence-corrected chi connectivity index (χ2v) is 7.50. The Balaban J connectivity index is 1.64. The zero-order chi connectivity index (χ0) is 15.6. The molecule has 22 heavy (non-hydrogen) atoms. The molecule has 1 atom stereocenters. The van der Waals surface area contributed by atoms with Crippen molar-refractivity contribution in [2.45, 2.75) is 38.3 Å². The largest absolute Gasteiger partial charge is 0.377 e. The number of aromatic amines is 1. The Bertz CT molecular complexity index is 487. The van der Waals surface area contributed by atoms with Crippen molar-refractivity contribution in [3.05, 3.63) is 17.5 Å². The second kappa shape index (κ2) is 6.28. The minimum absolute atomic E-state index is 0.0834. The minimum atomic E-state index is -0.207. The summed E-state index contributed by atoms with van der Waals surface area (Å²) in [6, 6.07) is 2.18. The van der Waals surface area contributed by atoms with E-state index in [1.165, 1.54) is 5.69 Å². The molecule has 3 heterocycles. The van der Waals surface area contributed by atoms with Crippen molar-refractivity contribution < 1.29 is 9.47 Å². The first-order valence-electron chi connectivity index (χ1n) is 8.16. The van der Waals surface area contributed by atoms with Crippen molar-refractivity contribution in [1.29, 1.82) is 0 Å². The predicted molar refractivity (Wildman–Crippen MR) is 84.9 cm³/mol. The van der Waals surface area contributed by atoms with Gasteiger partial charge in [0.15, 0.2) is 0 Å². The van der Waals surface area contributed by atoms with Crippen molar-refractivity contribution >= 4 is 0 Å². The van der Waals surface area contributed by atoms with Crippen LogP contribution in [0, 0.1) is 0 Å². The summed E-state index contributed by atoms with van der Waals surface area (Å²) in [7, 11) is 0. The van der Waals surface area contributed by atoms with Crippen LogP contribution >= 0.6 is 0 Å². The molecule has 2 fully saturated rings. The van der Waals surface area contributed by atoms with E-state index in [0.717, 1.165) is 51.6 Å². The Morgan fingerprint density at radius 3 is 3.00 bits per heavy atom. The number of ether oxygens (including phenoxy) is 2. The van der Waals surface area contributed by atoms with Crippen molar-refractivity contribution in [2.75, 3.05) is 46.0 Å². The van der Waals surface area contributed by atoms with E-state index < -0.39 is 0 Å². The maximum absolute atomic E-state index is 6.06. The maximum atomic E-state index is 6.06. The van der Waals surface area contributed by atoms with Crippen LogP contribution in [-0.2, 0) is 21.4 Å². The minimum Gasteiger partial charge on any atom is -0.377 e. The topological polar surface area (TPSA) is 62.4 Å². The fraction of sp³-hybridized carbons (Fsp3) is 0.812. The first-order chi connectivity index (χ1) is 10.5. The normalized spacial score (nSPS) is 28.0. The number of morpholine rings is 1. The smallest absolute Gasteiger partial charge is 0.116 e. The highest BCUT2D eigenvalue weighted by atomic mass is 16.5. The van der Waals surface area contributed by atoms with Crippen LogP contribution in [0.1, 0.15) is 32.2 Å².